The molecule has 4 aromatic rings. The van der Waals surface area contributed by atoms with Gasteiger partial charge in [-0.1, -0.05) is 12.1 Å². The normalized spacial score (nSPS) is 11.0. The van der Waals surface area contributed by atoms with E-state index in [1.54, 1.807) is 36.9 Å². The largest absolute Gasteiger partial charge is 0.497 e. The number of carbonyl (C=O) groups is 1. The van der Waals surface area contributed by atoms with Crippen LogP contribution in [0.5, 0.6) is 11.5 Å². The number of aryl methyl sites for hydroxylation is 2. The summed E-state index contributed by atoms with van der Waals surface area (Å²) in [6.07, 6.45) is 0.808. The first-order chi connectivity index (χ1) is 16.4. The van der Waals surface area contributed by atoms with Gasteiger partial charge in [-0.3, -0.25) is 4.79 Å². The Morgan fingerprint density at radius 3 is 2.35 bits per heavy atom. The van der Waals surface area contributed by atoms with Gasteiger partial charge < -0.3 is 14.8 Å². The molecule has 0 fully saturated rings. The summed E-state index contributed by atoms with van der Waals surface area (Å²) in [6.45, 7) is 4.20. The number of aromatic nitrogens is 4. The molecule has 1 N–H and O–H groups in total. The lowest BCUT2D eigenvalue weighted by molar-refractivity contribution is -0.121. The summed E-state index contributed by atoms with van der Waals surface area (Å²) in [5.41, 5.74) is 4.22. The molecule has 1 amide bonds. The number of nitrogens with one attached hydrogen (secondary N) is 1. The van der Waals surface area contributed by atoms with Crippen molar-refractivity contribution in [2.75, 3.05) is 14.2 Å². The Morgan fingerprint density at radius 2 is 1.71 bits per heavy atom. The molecule has 0 aliphatic rings. The molecule has 0 aliphatic carbocycles. The van der Waals surface area contributed by atoms with Gasteiger partial charge in [0.25, 0.3) is 5.78 Å². The Hall–Kier alpha value is -4.01. The lowest BCUT2D eigenvalue weighted by Gasteiger charge is -2.10. The minimum Gasteiger partial charge on any atom is -0.497 e. The SMILES string of the molecule is COc1cc(OC)cc(-c2nc3nc(C)c(CCC(=O)NCc4ccc(F)cc4)c(C)n3n2)c1. The van der Waals surface area contributed by atoms with Crippen LogP contribution in [0.25, 0.3) is 17.2 Å². The molecule has 0 aliphatic heterocycles. The quantitative estimate of drug-likeness (QED) is 0.427. The molecule has 9 heteroatoms. The zero-order valence-corrected chi connectivity index (χ0v) is 19.6. The van der Waals surface area contributed by atoms with Gasteiger partial charge in [-0.25, -0.2) is 13.9 Å². The lowest BCUT2D eigenvalue weighted by Crippen LogP contribution is -2.23. The molecule has 0 saturated carbocycles. The van der Waals surface area contributed by atoms with E-state index in [0.717, 1.165) is 28.1 Å². The minimum atomic E-state index is -0.300. The molecular weight excluding hydrogens is 437 g/mol. The molecular formula is C25H26FN5O3. The second-order valence-corrected chi connectivity index (χ2v) is 7.91. The topological polar surface area (TPSA) is 90.6 Å². The number of hydrogen-bond donors (Lipinski definition) is 1. The summed E-state index contributed by atoms with van der Waals surface area (Å²) >= 11 is 0. The van der Waals surface area contributed by atoms with E-state index in [4.69, 9.17) is 9.47 Å². The molecule has 0 bridgehead atoms. The molecule has 0 saturated heterocycles. The Bertz CT molecular complexity index is 1310. The molecule has 2 heterocycles. The minimum absolute atomic E-state index is 0.0917. The maximum Gasteiger partial charge on any atom is 0.253 e. The molecule has 4 rings (SSSR count). The van der Waals surface area contributed by atoms with Crippen molar-refractivity contribution >= 4 is 11.7 Å². The van der Waals surface area contributed by atoms with Crippen molar-refractivity contribution in [2.45, 2.75) is 33.2 Å². The highest BCUT2D eigenvalue weighted by Crippen LogP contribution is 2.28. The van der Waals surface area contributed by atoms with Crippen molar-refractivity contribution in [2.24, 2.45) is 0 Å². The number of ether oxygens (including phenoxy) is 2. The predicted molar refractivity (Wildman–Crippen MR) is 125 cm³/mol. The molecule has 2 aromatic carbocycles. The van der Waals surface area contributed by atoms with Crippen LogP contribution >= 0.6 is 0 Å². The standard InChI is InChI=1S/C25H26FN5O3/c1-15-22(9-10-23(32)27-14-17-5-7-19(26)8-6-17)16(2)31-25(28-15)29-24(30-31)18-11-20(33-3)13-21(12-18)34-4/h5-8,11-13H,9-10,14H2,1-4H3,(H,27,32). The number of nitrogens with zero attached hydrogens (tertiary/aromatic N) is 4. The molecule has 0 radical (unpaired) electrons. The highest BCUT2D eigenvalue weighted by Gasteiger charge is 2.16. The van der Waals surface area contributed by atoms with Crippen LogP contribution < -0.4 is 14.8 Å². The van der Waals surface area contributed by atoms with Crippen LogP contribution in [0.1, 0.15) is 28.9 Å². The van der Waals surface area contributed by atoms with Crippen LogP contribution in [0, 0.1) is 19.7 Å². The van der Waals surface area contributed by atoms with Crippen molar-refractivity contribution in [1.82, 2.24) is 24.9 Å². The first-order valence-electron chi connectivity index (χ1n) is 10.9. The van der Waals surface area contributed by atoms with Gasteiger partial charge in [0.2, 0.25) is 5.91 Å². The highest BCUT2D eigenvalue weighted by molar-refractivity contribution is 5.76. The number of halogens is 1. The van der Waals surface area contributed by atoms with Gasteiger partial charge in [0.05, 0.1) is 14.2 Å². The maximum absolute atomic E-state index is 13.0. The van der Waals surface area contributed by atoms with E-state index in [2.05, 4.69) is 20.4 Å². The monoisotopic (exact) mass is 463 g/mol. The van der Waals surface area contributed by atoms with Gasteiger partial charge in [-0.15, -0.1) is 5.10 Å². The molecule has 0 unspecified atom stereocenters. The second-order valence-electron chi connectivity index (χ2n) is 7.91. The number of methoxy groups -OCH3 is 2. The van der Waals surface area contributed by atoms with Crippen molar-refractivity contribution in [3.05, 3.63) is 70.8 Å². The summed E-state index contributed by atoms with van der Waals surface area (Å²) in [5.74, 6) is 1.87. The third-order valence-electron chi connectivity index (χ3n) is 5.66. The number of benzene rings is 2. The molecule has 176 valence electrons. The van der Waals surface area contributed by atoms with Gasteiger partial charge in [0.1, 0.15) is 17.3 Å². The van der Waals surface area contributed by atoms with Crippen LogP contribution in [0.4, 0.5) is 4.39 Å². The number of rotatable bonds is 8. The molecule has 0 spiro atoms. The van der Waals surface area contributed by atoms with E-state index in [-0.39, 0.29) is 11.7 Å². The average Bonchev–Trinajstić information content (AvgIpc) is 3.27. The number of fused-ring (bicyclic) bond motifs is 1. The summed E-state index contributed by atoms with van der Waals surface area (Å²) in [5, 5.41) is 7.52. The van der Waals surface area contributed by atoms with E-state index in [0.29, 0.717) is 42.5 Å². The number of hydrogen-bond acceptors (Lipinski definition) is 6. The first kappa shape index (κ1) is 23.2. The third kappa shape index (κ3) is 4.98. The zero-order valence-electron chi connectivity index (χ0n) is 19.6. The smallest absolute Gasteiger partial charge is 0.253 e. The Labute approximate surface area is 196 Å². The summed E-state index contributed by atoms with van der Waals surface area (Å²) < 4.78 is 25.4. The lowest BCUT2D eigenvalue weighted by atomic mass is 10.1. The van der Waals surface area contributed by atoms with Crippen LogP contribution in [-0.4, -0.2) is 39.7 Å². The van der Waals surface area contributed by atoms with Crippen LogP contribution in [0.15, 0.2) is 42.5 Å². The zero-order chi connectivity index (χ0) is 24.2. The van der Waals surface area contributed by atoms with Crippen molar-refractivity contribution < 1.29 is 18.7 Å². The van der Waals surface area contributed by atoms with E-state index >= 15 is 0 Å². The number of carbonyl (C=O) groups excluding carboxylic acids is 1. The van der Waals surface area contributed by atoms with Gasteiger partial charge >= 0.3 is 0 Å². The van der Waals surface area contributed by atoms with E-state index in [9.17, 15) is 9.18 Å². The fourth-order valence-corrected chi connectivity index (χ4v) is 3.76. The number of amides is 1. The third-order valence-corrected chi connectivity index (χ3v) is 5.66. The Balaban J connectivity index is 1.52. The Morgan fingerprint density at radius 1 is 1.03 bits per heavy atom. The fourth-order valence-electron chi connectivity index (χ4n) is 3.76. The average molecular weight is 464 g/mol. The van der Waals surface area contributed by atoms with E-state index in [1.807, 2.05) is 26.0 Å². The van der Waals surface area contributed by atoms with Crippen LogP contribution in [-0.2, 0) is 17.8 Å². The summed E-state index contributed by atoms with van der Waals surface area (Å²) in [7, 11) is 3.18. The Kier molecular flexibility index (Phi) is 6.72. The molecule has 2 aromatic heterocycles. The maximum atomic E-state index is 13.0. The van der Waals surface area contributed by atoms with Gasteiger partial charge in [0.15, 0.2) is 5.82 Å². The van der Waals surface area contributed by atoms with Crippen molar-refractivity contribution in [3.63, 3.8) is 0 Å². The van der Waals surface area contributed by atoms with Gasteiger partial charge in [-0.05, 0) is 55.7 Å². The van der Waals surface area contributed by atoms with E-state index in [1.165, 1.54) is 12.1 Å². The summed E-state index contributed by atoms with van der Waals surface area (Å²) in [6, 6.07) is 11.5. The molecule has 8 nitrogen and oxygen atoms in total. The van der Waals surface area contributed by atoms with E-state index < -0.39 is 0 Å². The second kappa shape index (κ2) is 9.86. The van der Waals surface area contributed by atoms with Crippen LogP contribution in [0.3, 0.4) is 0 Å². The highest BCUT2D eigenvalue weighted by atomic mass is 19.1. The summed E-state index contributed by atoms with van der Waals surface area (Å²) in [4.78, 5) is 21.6. The van der Waals surface area contributed by atoms with Gasteiger partial charge in [0, 0.05) is 36.0 Å². The van der Waals surface area contributed by atoms with Crippen molar-refractivity contribution in [3.8, 4) is 22.9 Å². The van der Waals surface area contributed by atoms with Gasteiger partial charge in [-0.2, -0.15) is 4.98 Å². The van der Waals surface area contributed by atoms with Crippen molar-refractivity contribution in [1.29, 1.82) is 0 Å². The fraction of sp³-hybridized carbons (Fsp3) is 0.280. The van der Waals surface area contributed by atoms with Crippen LogP contribution in [0.2, 0.25) is 0 Å². The molecule has 0 atom stereocenters. The first-order valence-corrected chi connectivity index (χ1v) is 10.9. The molecule has 34 heavy (non-hydrogen) atoms. The predicted octanol–water partition coefficient (Wildman–Crippen LogP) is 3.81.